The minimum atomic E-state index is -3.69. The highest BCUT2D eigenvalue weighted by atomic mass is 32.2. The number of hydrogen-bond donors (Lipinski definition) is 1. The Bertz CT molecular complexity index is 715. The molecule has 1 aliphatic heterocycles. The Labute approximate surface area is 145 Å². The maximum absolute atomic E-state index is 12.9. The Morgan fingerprint density at radius 1 is 1.16 bits per heavy atom. The van der Waals surface area contributed by atoms with E-state index < -0.39 is 27.8 Å². The summed E-state index contributed by atoms with van der Waals surface area (Å²) in [5.74, 6) is -1.01. The molecule has 1 N–H and O–H groups in total. The molecule has 0 unspecified atom stereocenters. The van der Waals surface area contributed by atoms with Crippen LogP contribution in [0.4, 0.5) is 9.18 Å². The van der Waals surface area contributed by atoms with Crippen molar-refractivity contribution in [1.29, 1.82) is 0 Å². The molecule has 1 aromatic rings. The highest BCUT2D eigenvalue weighted by Crippen LogP contribution is 2.17. The van der Waals surface area contributed by atoms with Crippen LogP contribution < -0.4 is 5.32 Å². The van der Waals surface area contributed by atoms with Gasteiger partial charge in [-0.25, -0.2) is 17.6 Å². The summed E-state index contributed by atoms with van der Waals surface area (Å²) in [6.45, 7) is 2.86. The fourth-order valence-electron chi connectivity index (χ4n) is 2.41. The molecule has 0 saturated carbocycles. The van der Waals surface area contributed by atoms with Crippen molar-refractivity contribution in [2.24, 2.45) is 0 Å². The first kappa shape index (κ1) is 19.3. The molecule has 25 heavy (non-hydrogen) atoms. The van der Waals surface area contributed by atoms with Crippen molar-refractivity contribution in [1.82, 2.24) is 14.5 Å². The highest BCUT2D eigenvalue weighted by molar-refractivity contribution is 7.89. The number of nitrogens with zero attached hydrogens (tertiary/aromatic N) is 2. The van der Waals surface area contributed by atoms with Gasteiger partial charge in [-0.1, -0.05) is 0 Å². The van der Waals surface area contributed by atoms with Crippen LogP contribution in [0, 0.1) is 5.82 Å². The molecule has 2 rings (SSSR count). The molecule has 0 bridgehead atoms. The van der Waals surface area contributed by atoms with Gasteiger partial charge in [0.1, 0.15) is 5.82 Å². The van der Waals surface area contributed by atoms with Gasteiger partial charge >= 0.3 is 6.09 Å². The maximum Gasteiger partial charge on any atom is 0.413 e. The molecule has 1 aromatic carbocycles. The van der Waals surface area contributed by atoms with E-state index >= 15 is 0 Å². The van der Waals surface area contributed by atoms with E-state index in [-0.39, 0.29) is 31.1 Å². The van der Waals surface area contributed by atoms with Crippen LogP contribution in [0.1, 0.15) is 6.92 Å². The Morgan fingerprint density at radius 3 is 2.32 bits per heavy atom. The van der Waals surface area contributed by atoms with Crippen LogP contribution in [0.15, 0.2) is 29.2 Å². The van der Waals surface area contributed by atoms with Crippen LogP contribution in [0.25, 0.3) is 0 Å². The van der Waals surface area contributed by atoms with E-state index in [4.69, 9.17) is 0 Å². The van der Waals surface area contributed by atoms with E-state index in [1.807, 2.05) is 0 Å². The van der Waals surface area contributed by atoms with Gasteiger partial charge in [-0.05, 0) is 31.2 Å². The van der Waals surface area contributed by atoms with E-state index in [1.165, 1.54) is 16.4 Å². The molecule has 2 amide bonds. The number of sulfonamides is 1. The van der Waals surface area contributed by atoms with E-state index in [2.05, 4.69) is 10.1 Å². The second kappa shape index (κ2) is 8.37. The van der Waals surface area contributed by atoms with Crippen LogP contribution in [-0.4, -0.2) is 69.0 Å². The second-order valence-electron chi connectivity index (χ2n) is 5.40. The quantitative estimate of drug-likeness (QED) is 0.803. The van der Waals surface area contributed by atoms with E-state index in [9.17, 15) is 22.4 Å². The van der Waals surface area contributed by atoms with Gasteiger partial charge in [0.05, 0.1) is 18.0 Å². The number of benzene rings is 1. The first-order chi connectivity index (χ1) is 11.8. The normalized spacial score (nSPS) is 16.4. The third-order valence-electron chi connectivity index (χ3n) is 3.67. The van der Waals surface area contributed by atoms with Crippen molar-refractivity contribution in [3.63, 3.8) is 0 Å². The van der Waals surface area contributed by atoms with Gasteiger partial charge in [-0.15, -0.1) is 0 Å². The number of amides is 2. The summed E-state index contributed by atoms with van der Waals surface area (Å²) in [5, 5.41) is 2.09. The zero-order valence-corrected chi connectivity index (χ0v) is 14.6. The van der Waals surface area contributed by atoms with E-state index in [1.54, 1.807) is 11.8 Å². The average molecular weight is 373 g/mol. The zero-order chi connectivity index (χ0) is 18.4. The largest absolute Gasteiger partial charge is 0.450 e. The lowest BCUT2D eigenvalue weighted by Crippen LogP contribution is -2.51. The van der Waals surface area contributed by atoms with E-state index in [0.29, 0.717) is 13.1 Å². The highest BCUT2D eigenvalue weighted by Gasteiger charge is 2.29. The summed E-state index contributed by atoms with van der Waals surface area (Å²) in [6.07, 6.45) is -0.801. The van der Waals surface area contributed by atoms with Gasteiger partial charge in [-0.2, -0.15) is 4.31 Å². The zero-order valence-electron chi connectivity index (χ0n) is 13.8. The number of nitrogens with one attached hydrogen (secondary N) is 1. The van der Waals surface area contributed by atoms with Crippen LogP contribution in [-0.2, 0) is 19.6 Å². The fourth-order valence-corrected chi connectivity index (χ4v) is 3.83. The molecule has 0 radical (unpaired) electrons. The minimum Gasteiger partial charge on any atom is -0.450 e. The third-order valence-corrected chi connectivity index (χ3v) is 5.58. The second-order valence-corrected chi connectivity index (χ2v) is 7.34. The Morgan fingerprint density at radius 2 is 1.76 bits per heavy atom. The summed E-state index contributed by atoms with van der Waals surface area (Å²) >= 11 is 0. The number of piperazine rings is 1. The smallest absolute Gasteiger partial charge is 0.413 e. The molecule has 1 heterocycles. The van der Waals surface area contributed by atoms with Gasteiger partial charge in [0.2, 0.25) is 15.9 Å². The van der Waals surface area contributed by atoms with Crippen molar-refractivity contribution < 1.29 is 27.1 Å². The predicted octanol–water partition coefficient (Wildman–Crippen LogP) is 0.405. The van der Waals surface area contributed by atoms with Gasteiger partial charge in [0, 0.05) is 26.2 Å². The van der Waals surface area contributed by atoms with Crippen molar-refractivity contribution in [3.05, 3.63) is 30.1 Å². The summed E-state index contributed by atoms with van der Waals surface area (Å²) in [7, 11) is -3.69. The molecule has 10 heteroatoms. The number of ether oxygens (including phenoxy) is 1. The first-order valence-electron chi connectivity index (χ1n) is 7.77. The molecule has 0 spiro atoms. The Balaban J connectivity index is 1.87. The van der Waals surface area contributed by atoms with Gasteiger partial charge in [0.15, 0.2) is 0 Å². The number of alkyl carbamates (subject to hydrolysis) is 1. The van der Waals surface area contributed by atoms with Crippen molar-refractivity contribution >= 4 is 22.0 Å². The van der Waals surface area contributed by atoms with E-state index in [0.717, 1.165) is 12.1 Å². The molecule has 1 aliphatic rings. The molecule has 0 aromatic heterocycles. The molecule has 138 valence electrons. The lowest BCUT2D eigenvalue weighted by molar-refractivity contribution is -0.121. The van der Waals surface area contributed by atoms with Gasteiger partial charge in [-0.3, -0.25) is 15.0 Å². The molecule has 8 nitrogen and oxygen atoms in total. The monoisotopic (exact) mass is 373 g/mol. The topological polar surface area (TPSA) is 96.0 Å². The van der Waals surface area contributed by atoms with Crippen molar-refractivity contribution in [2.45, 2.75) is 11.8 Å². The van der Waals surface area contributed by atoms with Gasteiger partial charge < -0.3 is 4.74 Å². The predicted molar refractivity (Wildman–Crippen MR) is 86.8 cm³/mol. The summed E-state index contributed by atoms with van der Waals surface area (Å²) in [5.41, 5.74) is 0. The van der Waals surface area contributed by atoms with Crippen molar-refractivity contribution in [2.75, 3.05) is 39.3 Å². The lowest BCUT2D eigenvalue weighted by Gasteiger charge is -2.33. The third kappa shape index (κ3) is 5.21. The number of carbonyl (C=O) groups is 2. The molecular formula is C15H20FN3O5S. The maximum atomic E-state index is 12.9. The lowest BCUT2D eigenvalue weighted by atomic mass is 10.3. The summed E-state index contributed by atoms with van der Waals surface area (Å²) < 4.78 is 43.8. The van der Waals surface area contributed by atoms with Gasteiger partial charge in [0.25, 0.3) is 0 Å². The standard InChI is InChI=1S/C15H20FN3O5S/c1-2-24-15(21)17-14(20)11-18-7-9-19(10-8-18)25(22,23)13-5-3-12(16)4-6-13/h3-6H,2,7-11H2,1H3,(H,17,20,21). The number of hydrogen-bond acceptors (Lipinski definition) is 6. The molecule has 0 aliphatic carbocycles. The number of carbonyl (C=O) groups excluding carboxylic acids is 2. The minimum absolute atomic E-state index is 0.0246. The number of rotatable bonds is 5. The SMILES string of the molecule is CCOC(=O)NC(=O)CN1CCN(S(=O)(=O)c2ccc(F)cc2)CC1. The number of halogens is 1. The summed E-state index contributed by atoms with van der Waals surface area (Å²) in [6, 6.07) is 4.65. The molecule has 0 atom stereocenters. The van der Waals surface area contributed by atoms with Crippen LogP contribution in [0.2, 0.25) is 0 Å². The summed E-state index contributed by atoms with van der Waals surface area (Å²) in [4.78, 5) is 24.7. The first-order valence-corrected chi connectivity index (χ1v) is 9.21. The molecule has 1 fully saturated rings. The van der Waals surface area contributed by atoms with Crippen LogP contribution in [0.3, 0.4) is 0 Å². The van der Waals surface area contributed by atoms with Crippen LogP contribution in [0.5, 0.6) is 0 Å². The molecule has 1 saturated heterocycles. The Hall–Kier alpha value is -2.04. The number of imide groups is 1. The fraction of sp³-hybridized carbons (Fsp3) is 0.467. The molecular weight excluding hydrogens is 353 g/mol. The van der Waals surface area contributed by atoms with Crippen LogP contribution >= 0.6 is 0 Å². The Kier molecular flexibility index (Phi) is 6.45. The van der Waals surface area contributed by atoms with Crippen molar-refractivity contribution in [3.8, 4) is 0 Å². The average Bonchev–Trinajstić information content (AvgIpc) is 2.55.